The summed E-state index contributed by atoms with van der Waals surface area (Å²) in [6.45, 7) is 0. The summed E-state index contributed by atoms with van der Waals surface area (Å²) >= 11 is 1.86. The third-order valence-corrected chi connectivity index (χ3v) is 12.8. The van der Waals surface area contributed by atoms with Gasteiger partial charge in [-0.3, -0.25) is 0 Å². The smallest absolute Gasteiger partial charge is 0.0476 e. The van der Waals surface area contributed by atoms with Gasteiger partial charge in [-0.05, 0) is 139 Å². The van der Waals surface area contributed by atoms with Crippen LogP contribution in [0.25, 0.3) is 86.6 Å². The average molecular weight is 782 g/mol. The van der Waals surface area contributed by atoms with Crippen LogP contribution in [-0.2, 0) is 0 Å². The first kappa shape index (κ1) is 35.6. The summed E-state index contributed by atoms with van der Waals surface area (Å²) < 4.78 is 2.59. The predicted octanol–water partition coefficient (Wildman–Crippen LogP) is 17.0. The van der Waals surface area contributed by atoms with E-state index < -0.39 is 0 Å². The maximum Gasteiger partial charge on any atom is 0.0476 e. The molecule has 0 saturated heterocycles. The fourth-order valence-electron chi connectivity index (χ4n) is 8.54. The average Bonchev–Trinajstić information content (AvgIpc) is 3.70. The Bertz CT molecular complexity index is 3230. The Balaban J connectivity index is 0.980. The lowest BCUT2D eigenvalue weighted by Gasteiger charge is -2.26. The monoisotopic (exact) mass is 781 g/mol. The number of benzene rings is 10. The van der Waals surface area contributed by atoms with Gasteiger partial charge in [-0.2, -0.15) is 0 Å². The van der Waals surface area contributed by atoms with E-state index in [0.29, 0.717) is 0 Å². The Morgan fingerprint density at radius 2 is 0.667 bits per heavy atom. The van der Waals surface area contributed by atoms with Crippen LogP contribution >= 0.6 is 11.3 Å². The number of nitrogens with zero attached hydrogens (tertiary/aromatic N) is 1. The molecule has 0 atom stereocenters. The summed E-state index contributed by atoms with van der Waals surface area (Å²) in [7, 11) is 0. The fourth-order valence-corrected chi connectivity index (χ4v) is 9.68. The van der Waals surface area contributed by atoms with Gasteiger partial charge in [0, 0.05) is 37.2 Å². The quantitative estimate of drug-likeness (QED) is 0.148. The zero-order valence-electron chi connectivity index (χ0n) is 32.9. The summed E-state index contributed by atoms with van der Waals surface area (Å²) in [6, 6.07) is 86.2. The van der Waals surface area contributed by atoms with Crippen LogP contribution in [0.1, 0.15) is 0 Å². The molecule has 0 aliphatic carbocycles. The molecule has 0 spiro atoms. The molecule has 282 valence electrons. The number of fused-ring (bicyclic) bond motifs is 4. The molecule has 0 N–H and O–H groups in total. The van der Waals surface area contributed by atoms with Crippen LogP contribution in [0.5, 0.6) is 0 Å². The number of anilines is 3. The lowest BCUT2D eigenvalue weighted by Crippen LogP contribution is -2.09. The molecule has 0 aliphatic heterocycles. The second kappa shape index (κ2) is 15.3. The Morgan fingerprint density at radius 3 is 1.32 bits per heavy atom. The summed E-state index contributed by atoms with van der Waals surface area (Å²) in [4.78, 5) is 2.39. The molecule has 1 aromatic heterocycles. The summed E-state index contributed by atoms with van der Waals surface area (Å²) in [5.41, 5.74) is 15.4. The Kier molecular flexibility index (Phi) is 9.11. The van der Waals surface area contributed by atoms with Gasteiger partial charge < -0.3 is 4.90 Å². The van der Waals surface area contributed by atoms with Crippen molar-refractivity contribution < 1.29 is 0 Å². The van der Waals surface area contributed by atoms with Crippen LogP contribution in [0, 0.1) is 0 Å². The van der Waals surface area contributed by atoms with Crippen molar-refractivity contribution in [2.24, 2.45) is 0 Å². The molecule has 0 amide bonds. The topological polar surface area (TPSA) is 3.24 Å². The molecule has 1 nitrogen and oxygen atoms in total. The highest BCUT2D eigenvalue weighted by Gasteiger charge is 2.16. The van der Waals surface area contributed by atoms with Gasteiger partial charge in [0.1, 0.15) is 0 Å². The van der Waals surface area contributed by atoms with Gasteiger partial charge in [0.25, 0.3) is 0 Å². The van der Waals surface area contributed by atoms with E-state index in [0.717, 1.165) is 17.1 Å². The van der Waals surface area contributed by atoms with Gasteiger partial charge in [0.05, 0.1) is 0 Å². The van der Waals surface area contributed by atoms with E-state index in [1.165, 1.54) is 86.6 Å². The second-order valence-electron chi connectivity index (χ2n) is 15.4. The first-order valence-corrected chi connectivity index (χ1v) is 21.3. The van der Waals surface area contributed by atoms with Crippen LogP contribution in [-0.4, -0.2) is 0 Å². The van der Waals surface area contributed by atoms with Crippen molar-refractivity contribution in [2.45, 2.75) is 0 Å². The van der Waals surface area contributed by atoms with E-state index in [1.807, 2.05) is 11.3 Å². The van der Waals surface area contributed by atoms with E-state index in [9.17, 15) is 0 Å². The fraction of sp³-hybridized carbons (Fsp3) is 0. The van der Waals surface area contributed by atoms with Crippen molar-refractivity contribution in [2.75, 3.05) is 4.90 Å². The minimum absolute atomic E-state index is 1.10. The lowest BCUT2D eigenvalue weighted by molar-refractivity contribution is 1.29. The molecule has 0 saturated carbocycles. The van der Waals surface area contributed by atoms with Gasteiger partial charge in [0.2, 0.25) is 0 Å². The molecular formula is C58H39NS. The molecule has 60 heavy (non-hydrogen) atoms. The Morgan fingerprint density at radius 1 is 0.233 bits per heavy atom. The molecular weight excluding hydrogens is 743 g/mol. The number of thiophene rings is 1. The highest BCUT2D eigenvalue weighted by atomic mass is 32.1. The van der Waals surface area contributed by atoms with E-state index in [4.69, 9.17) is 0 Å². The third-order valence-electron chi connectivity index (χ3n) is 11.6. The van der Waals surface area contributed by atoms with Crippen molar-refractivity contribution in [3.8, 4) is 55.6 Å². The molecule has 1 heterocycles. The largest absolute Gasteiger partial charge is 0.310 e. The van der Waals surface area contributed by atoms with Gasteiger partial charge in [0.15, 0.2) is 0 Å². The summed E-state index contributed by atoms with van der Waals surface area (Å²) in [6.07, 6.45) is 0. The molecule has 0 aliphatic rings. The number of hydrogen-bond acceptors (Lipinski definition) is 2. The van der Waals surface area contributed by atoms with Gasteiger partial charge >= 0.3 is 0 Å². The maximum atomic E-state index is 2.39. The van der Waals surface area contributed by atoms with Crippen LogP contribution in [0.4, 0.5) is 17.1 Å². The second-order valence-corrected chi connectivity index (χ2v) is 16.5. The van der Waals surface area contributed by atoms with Crippen molar-refractivity contribution >= 4 is 59.3 Å². The highest BCUT2D eigenvalue weighted by molar-refractivity contribution is 7.25. The van der Waals surface area contributed by atoms with Crippen LogP contribution in [0.2, 0.25) is 0 Å². The van der Waals surface area contributed by atoms with Crippen LogP contribution in [0.15, 0.2) is 237 Å². The Hall–Kier alpha value is -7.52. The van der Waals surface area contributed by atoms with E-state index in [-0.39, 0.29) is 0 Å². The molecule has 0 fully saturated rings. The lowest BCUT2D eigenvalue weighted by atomic mass is 9.93. The van der Waals surface area contributed by atoms with E-state index in [2.05, 4.69) is 241 Å². The first-order valence-electron chi connectivity index (χ1n) is 20.5. The van der Waals surface area contributed by atoms with Gasteiger partial charge in [-0.1, -0.05) is 164 Å². The van der Waals surface area contributed by atoms with Crippen LogP contribution < -0.4 is 4.90 Å². The van der Waals surface area contributed by atoms with Crippen molar-refractivity contribution in [3.63, 3.8) is 0 Å². The molecule has 2 heteroatoms. The number of hydrogen-bond donors (Lipinski definition) is 0. The van der Waals surface area contributed by atoms with E-state index >= 15 is 0 Å². The summed E-state index contributed by atoms with van der Waals surface area (Å²) in [5, 5.41) is 5.11. The molecule has 11 rings (SSSR count). The minimum Gasteiger partial charge on any atom is -0.310 e. The zero-order chi connectivity index (χ0) is 39.8. The standard InChI is InChI=1S/C58H39NS/c1-3-12-40(13-4-1)49-36-50(41-14-5-2-6-15-41)38-51(37-49)44-26-30-53(31-27-44)59(54-32-33-56-55-20-9-10-21-57(55)60-58(56)39-54)52-28-24-43(25-29-52)46-18-11-19-47(34-46)48-23-22-42-16-7-8-17-45(42)35-48/h1-39H. The normalized spacial score (nSPS) is 11.3. The molecule has 0 bridgehead atoms. The third kappa shape index (κ3) is 6.83. The van der Waals surface area contributed by atoms with E-state index in [1.54, 1.807) is 0 Å². The van der Waals surface area contributed by atoms with Crippen molar-refractivity contribution in [3.05, 3.63) is 237 Å². The van der Waals surface area contributed by atoms with Gasteiger partial charge in [-0.15, -0.1) is 11.3 Å². The predicted molar refractivity (Wildman–Crippen MR) is 259 cm³/mol. The minimum atomic E-state index is 1.10. The zero-order valence-corrected chi connectivity index (χ0v) is 33.7. The first-order chi connectivity index (χ1) is 29.7. The summed E-state index contributed by atoms with van der Waals surface area (Å²) in [5.74, 6) is 0. The highest BCUT2D eigenvalue weighted by Crippen LogP contribution is 2.42. The van der Waals surface area contributed by atoms with Gasteiger partial charge in [-0.25, -0.2) is 0 Å². The maximum absolute atomic E-state index is 2.39. The van der Waals surface area contributed by atoms with Crippen molar-refractivity contribution in [1.82, 2.24) is 0 Å². The molecule has 10 aromatic carbocycles. The molecule has 0 radical (unpaired) electrons. The molecule has 0 unspecified atom stereocenters. The van der Waals surface area contributed by atoms with Crippen molar-refractivity contribution in [1.29, 1.82) is 0 Å². The van der Waals surface area contributed by atoms with Crippen LogP contribution in [0.3, 0.4) is 0 Å². The SMILES string of the molecule is c1ccc(-c2cc(-c3ccccc3)cc(-c3ccc(N(c4ccc(-c5cccc(-c6ccc7ccccc7c6)c5)cc4)c4ccc5c(c4)sc4ccccc45)cc3)c2)cc1. The Labute approximate surface area is 354 Å². The number of rotatable bonds is 8. The molecule has 11 aromatic rings.